The first-order valence-corrected chi connectivity index (χ1v) is 9.39. The van der Waals surface area contributed by atoms with Crippen LogP contribution in [-0.2, 0) is 0 Å². The fraction of sp³-hybridized carbons (Fsp3) is 0.333. The predicted octanol–water partition coefficient (Wildman–Crippen LogP) is 2.73. The minimum absolute atomic E-state index is 0.0238. The number of carbonyl (C=O) groups excluding carboxylic acids is 1. The van der Waals surface area contributed by atoms with Crippen molar-refractivity contribution in [1.82, 2.24) is 9.78 Å². The fourth-order valence-electron chi connectivity index (χ4n) is 3.38. The number of carbonyl (C=O) groups is 1. The largest absolute Gasteiger partial charge is 0.393 e. The van der Waals surface area contributed by atoms with Crippen molar-refractivity contribution in [2.75, 3.05) is 18.0 Å². The third-order valence-corrected chi connectivity index (χ3v) is 5.99. The van der Waals surface area contributed by atoms with Crippen LogP contribution in [0.5, 0.6) is 0 Å². The molecule has 1 aromatic carbocycles. The molecule has 9 heteroatoms. The van der Waals surface area contributed by atoms with Crippen LogP contribution in [0.15, 0.2) is 18.2 Å². The Hall–Kier alpha value is -2.52. The number of thiophene rings is 1. The van der Waals surface area contributed by atoms with Gasteiger partial charge in [0.2, 0.25) is 0 Å². The quantitative estimate of drug-likeness (QED) is 0.718. The molecule has 142 valence electrons. The normalized spacial score (nSPS) is 15.6. The summed E-state index contributed by atoms with van der Waals surface area (Å²) in [5.74, 6) is -2.52. The summed E-state index contributed by atoms with van der Waals surface area (Å²) in [6.45, 7) is 2.67. The lowest BCUT2D eigenvalue weighted by Gasteiger charge is -2.31. The SMILES string of the molecule is Cc1nn(-c2ccc(N3CCC(O)CC3)c(F)c2F)c2sc(C(N)=O)cc12. The summed E-state index contributed by atoms with van der Waals surface area (Å²) < 4.78 is 31.0. The summed E-state index contributed by atoms with van der Waals surface area (Å²) in [6.07, 6.45) is 0.645. The molecule has 4 rings (SSSR count). The zero-order valence-electron chi connectivity index (χ0n) is 14.6. The molecule has 1 saturated heterocycles. The Morgan fingerprint density at radius 2 is 1.89 bits per heavy atom. The molecule has 0 saturated carbocycles. The van der Waals surface area contributed by atoms with Gasteiger partial charge in [-0.2, -0.15) is 5.10 Å². The Bertz CT molecular complexity index is 1040. The highest BCUT2D eigenvalue weighted by Gasteiger charge is 2.25. The highest BCUT2D eigenvalue weighted by atomic mass is 32.1. The molecule has 6 nitrogen and oxygen atoms in total. The second-order valence-electron chi connectivity index (χ2n) is 6.64. The van der Waals surface area contributed by atoms with Crippen LogP contribution in [0.2, 0.25) is 0 Å². The number of halogens is 2. The van der Waals surface area contributed by atoms with Crippen molar-refractivity contribution in [2.24, 2.45) is 5.73 Å². The number of amides is 1. The first kappa shape index (κ1) is 17.9. The van der Waals surface area contributed by atoms with Gasteiger partial charge in [0.05, 0.1) is 22.4 Å². The zero-order chi connectivity index (χ0) is 19.3. The van der Waals surface area contributed by atoms with E-state index in [4.69, 9.17) is 5.73 Å². The first-order valence-electron chi connectivity index (χ1n) is 8.57. The number of aliphatic hydroxyl groups is 1. The highest BCUT2D eigenvalue weighted by Crippen LogP contribution is 2.33. The molecule has 0 bridgehead atoms. The van der Waals surface area contributed by atoms with E-state index in [1.807, 2.05) is 0 Å². The molecule has 0 aliphatic carbocycles. The Morgan fingerprint density at radius 3 is 2.56 bits per heavy atom. The van der Waals surface area contributed by atoms with Crippen LogP contribution in [-0.4, -0.2) is 40.0 Å². The Morgan fingerprint density at radius 1 is 1.26 bits per heavy atom. The summed E-state index contributed by atoms with van der Waals surface area (Å²) in [4.78, 5) is 14.0. The molecule has 1 aliphatic heterocycles. The number of benzene rings is 1. The average Bonchev–Trinajstić information content (AvgIpc) is 3.20. The number of hydrogen-bond acceptors (Lipinski definition) is 5. The average molecular weight is 392 g/mol. The number of piperidine rings is 1. The number of rotatable bonds is 3. The Kier molecular flexibility index (Phi) is 4.35. The molecular weight excluding hydrogens is 374 g/mol. The molecule has 3 N–H and O–H groups in total. The number of primary amides is 1. The maximum atomic E-state index is 14.9. The number of fused-ring (bicyclic) bond motifs is 1. The summed E-state index contributed by atoms with van der Waals surface area (Å²) in [5.41, 5.74) is 6.08. The fourth-order valence-corrected chi connectivity index (χ4v) is 4.40. The molecule has 1 fully saturated rings. The first-order chi connectivity index (χ1) is 12.9. The lowest BCUT2D eigenvalue weighted by atomic mass is 10.1. The van der Waals surface area contributed by atoms with Crippen LogP contribution >= 0.6 is 11.3 Å². The van der Waals surface area contributed by atoms with Gasteiger partial charge in [0.15, 0.2) is 11.6 Å². The number of aryl methyl sites for hydroxylation is 1. The third kappa shape index (κ3) is 2.96. The minimum atomic E-state index is -1.00. The van der Waals surface area contributed by atoms with E-state index < -0.39 is 23.6 Å². The van der Waals surface area contributed by atoms with Crippen LogP contribution in [0.25, 0.3) is 15.9 Å². The van der Waals surface area contributed by atoms with Gasteiger partial charge < -0.3 is 15.7 Å². The van der Waals surface area contributed by atoms with E-state index >= 15 is 0 Å². The van der Waals surface area contributed by atoms with Gasteiger partial charge in [-0.05, 0) is 38.0 Å². The maximum absolute atomic E-state index is 14.9. The van der Waals surface area contributed by atoms with Gasteiger partial charge in [0.25, 0.3) is 5.91 Å². The number of aromatic nitrogens is 2. The summed E-state index contributed by atoms with van der Waals surface area (Å²) in [5, 5.41) is 14.6. The Labute approximate surface area is 157 Å². The molecule has 0 atom stereocenters. The van der Waals surface area contributed by atoms with Gasteiger partial charge >= 0.3 is 0 Å². The topological polar surface area (TPSA) is 84.4 Å². The monoisotopic (exact) mass is 392 g/mol. The third-order valence-electron chi connectivity index (χ3n) is 4.86. The van der Waals surface area contributed by atoms with E-state index in [0.29, 0.717) is 46.7 Å². The van der Waals surface area contributed by atoms with Crippen molar-refractivity contribution in [3.63, 3.8) is 0 Å². The van der Waals surface area contributed by atoms with Crippen LogP contribution in [0.4, 0.5) is 14.5 Å². The van der Waals surface area contributed by atoms with E-state index in [9.17, 15) is 18.7 Å². The van der Waals surface area contributed by atoms with Crippen LogP contribution in [0.1, 0.15) is 28.2 Å². The predicted molar refractivity (Wildman–Crippen MR) is 99.6 cm³/mol. The molecule has 0 spiro atoms. The zero-order valence-corrected chi connectivity index (χ0v) is 15.4. The van der Waals surface area contributed by atoms with E-state index in [0.717, 1.165) is 11.3 Å². The van der Waals surface area contributed by atoms with E-state index in [1.54, 1.807) is 17.9 Å². The lowest BCUT2D eigenvalue weighted by molar-refractivity contribution is 0.100. The van der Waals surface area contributed by atoms with Crippen molar-refractivity contribution in [1.29, 1.82) is 0 Å². The smallest absolute Gasteiger partial charge is 0.258 e. The molecule has 3 heterocycles. The maximum Gasteiger partial charge on any atom is 0.258 e. The molecule has 0 radical (unpaired) electrons. The summed E-state index contributed by atoms with van der Waals surface area (Å²) in [6, 6.07) is 4.62. The van der Waals surface area contributed by atoms with Crippen LogP contribution in [0, 0.1) is 18.6 Å². The molecule has 27 heavy (non-hydrogen) atoms. The van der Waals surface area contributed by atoms with Crippen molar-refractivity contribution in [2.45, 2.75) is 25.9 Å². The van der Waals surface area contributed by atoms with Gasteiger partial charge in [0.1, 0.15) is 10.5 Å². The second-order valence-corrected chi connectivity index (χ2v) is 7.67. The van der Waals surface area contributed by atoms with Crippen molar-refractivity contribution < 1.29 is 18.7 Å². The van der Waals surface area contributed by atoms with Crippen molar-refractivity contribution >= 4 is 33.1 Å². The standard InChI is InChI=1S/C18H18F2N4O2S/c1-9-11-8-14(17(21)26)27-18(11)24(22-9)13-3-2-12(15(19)16(13)20)23-6-4-10(25)5-7-23/h2-3,8,10,25H,4-7H2,1H3,(H2,21,26). The van der Waals surface area contributed by atoms with Crippen LogP contribution < -0.4 is 10.6 Å². The van der Waals surface area contributed by atoms with Gasteiger partial charge in [-0.1, -0.05) is 0 Å². The molecule has 1 aliphatic rings. The van der Waals surface area contributed by atoms with E-state index in [1.165, 1.54) is 16.8 Å². The van der Waals surface area contributed by atoms with Gasteiger partial charge in [0, 0.05) is 18.5 Å². The highest BCUT2D eigenvalue weighted by molar-refractivity contribution is 7.20. The summed E-state index contributed by atoms with van der Waals surface area (Å²) >= 11 is 1.09. The van der Waals surface area contributed by atoms with E-state index in [2.05, 4.69) is 5.10 Å². The molecule has 1 amide bonds. The number of aliphatic hydroxyl groups excluding tert-OH is 1. The number of nitrogens with zero attached hydrogens (tertiary/aromatic N) is 3. The molecule has 2 aromatic heterocycles. The number of nitrogens with two attached hydrogens (primary N) is 1. The van der Waals surface area contributed by atoms with Crippen LogP contribution in [0.3, 0.4) is 0 Å². The number of anilines is 1. The van der Waals surface area contributed by atoms with E-state index in [-0.39, 0.29) is 11.4 Å². The molecular formula is C18H18F2N4O2S. The van der Waals surface area contributed by atoms with Crippen molar-refractivity contribution in [3.05, 3.63) is 40.4 Å². The second kappa shape index (κ2) is 6.58. The van der Waals surface area contributed by atoms with Gasteiger partial charge in [-0.15, -0.1) is 11.3 Å². The lowest BCUT2D eigenvalue weighted by Crippen LogP contribution is -2.36. The molecule has 3 aromatic rings. The van der Waals surface area contributed by atoms with Gasteiger partial charge in [-0.3, -0.25) is 4.79 Å². The minimum Gasteiger partial charge on any atom is -0.393 e. The summed E-state index contributed by atoms with van der Waals surface area (Å²) in [7, 11) is 0. The molecule has 0 unspecified atom stereocenters. The Balaban J connectivity index is 1.78. The van der Waals surface area contributed by atoms with Crippen molar-refractivity contribution in [3.8, 4) is 5.69 Å². The van der Waals surface area contributed by atoms with Gasteiger partial charge in [-0.25, -0.2) is 13.5 Å². The number of hydrogen-bond donors (Lipinski definition) is 2.